The van der Waals surface area contributed by atoms with Crippen molar-refractivity contribution in [2.45, 2.75) is 78.4 Å². The lowest BCUT2D eigenvalue weighted by Gasteiger charge is -2.40. The van der Waals surface area contributed by atoms with Crippen LogP contribution in [-0.4, -0.2) is 78.0 Å². The number of benzene rings is 1. The summed E-state index contributed by atoms with van der Waals surface area (Å²) in [5, 5.41) is 2.97. The molecule has 1 heterocycles. The number of hydrogen-bond acceptors (Lipinski definition) is 4. The van der Waals surface area contributed by atoms with Gasteiger partial charge in [-0.2, -0.15) is 4.31 Å². The van der Waals surface area contributed by atoms with Crippen LogP contribution in [0.25, 0.3) is 0 Å². The zero-order valence-corrected chi connectivity index (χ0v) is 22.5. The van der Waals surface area contributed by atoms with Crippen LogP contribution in [0, 0.1) is 5.82 Å². The van der Waals surface area contributed by atoms with Gasteiger partial charge in [-0.15, -0.1) is 0 Å². The molecule has 1 fully saturated rings. The average Bonchev–Trinajstić information content (AvgIpc) is 2.77. The summed E-state index contributed by atoms with van der Waals surface area (Å²) in [6.07, 6.45) is 2.25. The number of nitrogens with zero attached hydrogens (tertiary/aromatic N) is 3. The number of carbonyl (C=O) groups is 2. The van der Waals surface area contributed by atoms with Gasteiger partial charge in [-0.3, -0.25) is 4.79 Å². The SMILES string of the molecule is CCCN(CC(=O)N(Cc1ccc(F)cc1)C1CCN(C(=O)NC(C)(C)C)CC1)S(=O)(=O)CCC. The van der Waals surface area contributed by atoms with E-state index in [9.17, 15) is 22.4 Å². The highest BCUT2D eigenvalue weighted by Gasteiger charge is 2.33. The van der Waals surface area contributed by atoms with Crippen molar-refractivity contribution < 1.29 is 22.4 Å². The third-order valence-electron chi connectivity index (χ3n) is 5.90. The molecule has 1 N–H and O–H groups in total. The maximum absolute atomic E-state index is 13.5. The molecule has 1 aliphatic heterocycles. The molecule has 1 aliphatic rings. The molecule has 1 aromatic carbocycles. The lowest BCUT2D eigenvalue weighted by molar-refractivity contribution is -0.135. The summed E-state index contributed by atoms with van der Waals surface area (Å²) in [6.45, 7) is 10.8. The Kier molecular flexibility index (Phi) is 10.5. The molecule has 0 radical (unpaired) electrons. The van der Waals surface area contributed by atoms with Crippen LogP contribution >= 0.6 is 0 Å². The Hall–Kier alpha value is -2.20. The topological polar surface area (TPSA) is 90.0 Å². The number of piperidine rings is 1. The molecule has 8 nitrogen and oxygen atoms in total. The van der Waals surface area contributed by atoms with Crippen molar-refractivity contribution in [1.29, 1.82) is 0 Å². The lowest BCUT2D eigenvalue weighted by atomic mass is 10.0. The largest absolute Gasteiger partial charge is 0.334 e. The van der Waals surface area contributed by atoms with E-state index in [0.717, 1.165) is 5.56 Å². The van der Waals surface area contributed by atoms with Crippen LogP contribution in [0.4, 0.5) is 9.18 Å². The third kappa shape index (κ3) is 9.07. The first-order valence-electron chi connectivity index (χ1n) is 12.4. The minimum Gasteiger partial charge on any atom is -0.334 e. The second kappa shape index (κ2) is 12.7. The van der Waals surface area contributed by atoms with Gasteiger partial charge in [-0.1, -0.05) is 26.0 Å². The Labute approximate surface area is 209 Å². The van der Waals surface area contributed by atoms with Gasteiger partial charge in [0.25, 0.3) is 0 Å². The van der Waals surface area contributed by atoms with Gasteiger partial charge in [0.2, 0.25) is 15.9 Å². The molecule has 1 aromatic rings. The number of rotatable bonds is 10. The summed E-state index contributed by atoms with van der Waals surface area (Å²) in [7, 11) is -3.53. The zero-order valence-electron chi connectivity index (χ0n) is 21.7. The third-order valence-corrected chi connectivity index (χ3v) is 7.92. The van der Waals surface area contributed by atoms with Crippen molar-refractivity contribution in [3.63, 3.8) is 0 Å². The molecule has 0 unspecified atom stereocenters. The Morgan fingerprint density at radius 2 is 1.69 bits per heavy atom. The van der Waals surface area contributed by atoms with Gasteiger partial charge < -0.3 is 15.1 Å². The number of urea groups is 1. The van der Waals surface area contributed by atoms with Gasteiger partial charge in [0.1, 0.15) is 5.82 Å². The molecule has 0 atom stereocenters. The van der Waals surface area contributed by atoms with Crippen molar-refractivity contribution in [2.24, 2.45) is 0 Å². The monoisotopic (exact) mass is 512 g/mol. The van der Waals surface area contributed by atoms with Gasteiger partial charge in [0.15, 0.2) is 0 Å². The molecule has 0 saturated carbocycles. The highest BCUT2D eigenvalue weighted by Crippen LogP contribution is 2.21. The molecule has 2 rings (SSSR count). The van der Waals surface area contributed by atoms with E-state index in [-0.39, 0.29) is 54.7 Å². The normalized spacial score (nSPS) is 15.3. The van der Waals surface area contributed by atoms with Crippen LogP contribution in [0.2, 0.25) is 0 Å². The molecule has 0 bridgehead atoms. The van der Waals surface area contributed by atoms with Crippen molar-refractivity contribution in [2.75, 3.05) is 31.9 Å². The second-order valence-corrected chi connectivity index (χ2v) is 12.3. The summed E-state index contributed by atoms with van der Waals surface area (Å²) < 4.78 is 40.2. The highest BCUT2D eigenvalue weighted by molar-refractivity contribution is 7.89. The number of hydrogen-bond donors (Lipinski definition) is 1. The Morgan fingerprint density at radius 1 is 1.09 bits per heavy atom. The Bertz CT molecular complexity index is 939. The number of sulfonamides is 1. The Balaban J connectivity index is 2.19. The van der Waals surface area contributed by atoms with Gasteiger partial charge in [-0.05, 0) is 64.2 Å². The lowest BCUT2D eigenvalue weighted by Crippen LogP contribution is -2.54. The quantitative estimate of drug-likeness (QED) is 0.519. The average molecular weight is 513 g/mol. The van der Waals surface area contributed by atoms with E-state index in [0.29, 0.717) is 38.8 Å². The number of nitrogens with one attached hydrogen (secondary N) is 1. The smallest absolute Gasteiger partial charge is 0.317 e. The highest BCUT2D eigenvalue weighted by atomic mass is 32.2. The predicted octanol–water partition coefficient (Wildman–Crippen LogP) is 3.58. The minimum atomic E-state index is -3.53. The van der Waals surface area contributed by atoms with Gasteiger partial charge >= 0.3 is 6.03 Å². The van der Waals surface area contributed by atoms with Crippen LogP contribution < -0.4 is 5.32 Å². The zero-order chi connectivity index (χ0) is 26.2. The van der Waals surface area contributed by atoms with Gasteiger partial charge in [0.05, 0.1) is 12.3 Å². The fourth-order valence-electron chi connectivity index (χ4n) is 4.18. The summed E-state index contributed by atoms with van der Waals surface area (Å²) in [5.41, 5.74) is 0.428. The fourth-order valence-corrected chi connectivity index (χ4v) is 5.72. The van der Waals surface area contributed by atoms with Gasteiger partial charge in [0, 0.05) is 37.8 Å². The molecule has 0 aliphatic carbocycles. The fraction of sp³-hybridized carbons (Fsp3) is 0.680. The Morgan fingerprint density at radius 3 is 2.20 bits per heavy atom. The van der Waals surface area contributed by atoms with E-state index in [1.165, 1.54) is 16.4 Å². The molecule has 198 valence electrons. The van der Waals surface area contributed by atoms with Crippen LogP contribution in [0.15, 0.2) is 24.3 Å². The molecular weight excluding hydrogens is 471 g/mol. The minimum absolute atomic E-state index is 0.000477. The van der Waals surface area contributed by atoms with E-state index < -0.39 is 10.0 Å². The van der Waals surface area contributed by atoms with Crippen molar-refractivity contribution in [3.8, 4) is 0 Å². The molecule has 35 heavy (non-hydrogen) atoms. The van der Waals surface area contributed by atoms with Crippen molar-refractivity contribution in [1.82, 2.24) is 19.4 Å². The van der Waals surface area contributed by atoms with E-state index in [1.54, 1.807) is 28.9 Å². The van der Waals surface area contributed by atoms with Crippen LogP contribution in [-0.2, 0) is 21.4 Å². The maximum Gasteiger partial charge on any atom is 0.317 e. The first-order chi connectivity index (χ1) is 16.4. The molecule has 0 aromatic heterocycles. The van der Waals surface area contributed by atoms with Crippen LogP contribution in [0.3, 0.4) is 0 Å². The number of amides is 3. The maximum atomic E-state index is 13.5. The summed E-state index contributed by atoms with van der Waals surface area (Å²) >= 11 is 0. The first kappa shape index (κ1) is 29.0. The molecule has 0 spiro atoms. The summed E-state index contributed by atoms with van der Waals surface area (Å²) in [5.74, 6) is -0.635. The molecular formula is C25H41FN4O4S. The molecule has 3 amide bonds. The summed E-state index contributed by atoms with van der Waals surface area (Å²) in [6, 6.07) is 5.70. The number of carbonyl (C=O) groups excluding carboxylic acids is 2. The van der Waals surface area contributed by atoms with E-state index in [4.69, 9.17) is 0 Å². The van der Waals surface area contributed by atoms with Crippen molar-refractivity contribution >= 4 is 22.0 Å². The van der Waals surface area contributed by atoms with Crippen LogP contribution in [0.1, 0.15) is 65.9 Å². The van der Waals surface area contributed by atoms with Gasteiger partial charge in [-0.25, -0.2) is 17.6 Å². The number of likely N-dealkylation sites (tertiary alicyclic amines) is 1. The second-order valence-electron chi connectivity index (χ2n) is 10.2. The van der Waals surface area contributed by atoms with E-state index in [2.05, 4.69) is 5.32 Å². The molecule has 10 heteroatoms. The predicted molar refractivity (Wildman–Crippen MR) is 136 cm³/mol. The molecule has 1 saturated heterocycles. The number of halogens is 1. The van der Waals surface area contributed by atoms with E-state index in [1.807, 2.05) is 27.7 Å². The van der Waals surface area contributed by atoms with Crippen LogP contribution in [0.5, 0.6) is 0 Å². The van der Waals surface area contributed by atoms with Crippen molar-refractivity contribution in [3.05, 3.63) is 35.6 Å². The first-order valence-corrected chi connectivity index (χ1v) is 14.1. The van der Waals surface area contributed by atoms with E-state index >= 15 is 0 Å². The standard InChI is InChI=1S/C25H41FN4O4S/c1-6-14-29(35(33,34)17-7-2)19-23(31)30(18-20-8-10-21(26)11-9-20)22-12-15-28(16-13-22)24(32)27-25(3,4)5/h8-11,22H,6-7,12-19H2,1-5H3,(H,27,32). The summed E-state index contributed by atoms with van der Waals surface area (Å²) in [4.78, 5) is 29.5.